The van der Waals surface area contributed by atoms with Crippen LogP contribution in [0.15, 0.2) is 54.6 Å². The average molecular weight is 437 g/mol. The fourth-order valence-electron chi connectivity index (χ4n) is 3.98. The lowest BCUT2D eigenvalue weighted by atomic mass is 9.98. The highest BCUT2D eigenvalue weighted by atomic mass is 16.2. The largest absolute Gasteiger partial charge is 0.341 e. The van der Waals surface area contributed by atoms with Crippen LogP contribution in [0.25, 0.3) is 0 Å². The summed E-state index contributed by atoms with van der Waals surface area (Å²) in [4.78, 5) is 28.6. The molecule has 0 radical (unpaired) electrons. The van der Waals surface area contributed by atoms with E-state index in [-0.39, 0.29) is 18.4 Å². The van der Waals surface area contributed by atoms with Crippen LogP contribution in [0.1, 0.15) is 42.9 Å². The molecule has 172 valence electrons. The second-order valence-corrected chi connectivity index (χ2v) is 8.87. The molecule has 3 amide bonds. The zero-order valence-corrected chi connectivity index (χ0v) is 19.3. The van der Waals surface area contributed by atoms with Crippen LogP contribution in [0.3, 0.4) is 0 Å². The van der Waals surface area contributed by atoms with Crippen molar-refractivity contribution < 1.29 is 9.59 Å². The maximum atomic E-state index is 12.3. The van der Waals surface area contributed by atoms with Crippen LogP contribution in [-0.4, -0.2) is 48.4 Å². The van der Waals surface area contributed by atoms with Crippen molar-refractivity contribution in [1.82, 2.24) is 20.4 Å². The number of carbonyl (C=O) groups is 2. The minimum Gasteiger partial charge on any atom is -0.341 e. The Hall–Kier alpha value is -2.86. The van der Waals surface area contributed by atoms with Gasteiger partial charge in [0, 0.05) is 39.6 Å². The average Bonchev–Trinajstić information content (AvgIpc) is 2.80. The van der Waals surface area contributed by atoms with Gasteiger partial charge in [0.2, 0.25) is 5.91 Å². The van der Waals surface area contributed by atoms with Gasteiger partial charge in [-0.2, -0.15) is 0 Å². The zero-order chi connectivity index (χ0) is 22.8. The van der Waals surface area contributed by atoms with Gasteiger partial charge in [0.25, 0.3) is 0 Å². The van der Waals surface area contributed by atoms with Gasteiger partial charge >= 0.3 is 6.03 Å². The van der Waals surface area contributed by atoms with E-state index in [0.29, 0.717) is 19.6 Å². The lowest BCUT2D eigenvalue weighted by molar-refractivity contribution is -0.130. The van der Waals surface area contributed by atoms with E-state index in [0.717, 1.165) is 36.7 Å². The van der Waals surface area contributed by atoms with E-state index in [9.17, 15) is 9.59 Å². The van der Waals surface area contributed by atoms with Gasteiger partial charge in [-0.1, -0.05) is 61.5 Å². The second kappa shape index (κ2) is 12.2. The highest BCUT2D eigenvalue weighted by Gasteiger charge is 2.15. The van der Waals surface area contributed by atoms with Gasteiger partial charge in [-0.15, -0.1) is 0 Å². The Balaban J connectivity index is 1.34. The lowest BCUT2D eigenvalue weighted by Gasteiger charge is -2.30. The number of amides is 3. The molecule has 0 aromatic heterocycles. The van der Waals surface area contributed by atoms with Crippen molar-refractivity contribution in [3.8, 4) is 0 Å². The third-order valence-corrected chi connectivity index (χ3v) is 6.04. The number of rotatable bonds is 9. The number of hydrogen-bond acceptors (Lipinski definition) is 3. The van der Waals surface area contributed by atoms with Gasteiger partial charge in [0.1, 0.15) is 0 Å². The lowest BCUT2D eigenvalue weighted by Crippen LogP contribution is -2.37. The molecule has 1 aliphatic rings. The van der Waals surface area contributed by atoms with Crippen LogP contribution >= 0.6 is 0 Å². The van der Waals surface area contributed by atoms with Crippen LogP contribution in [0.2, 0.25) is 0 Å². The smallest absolute Gasteiger partial charge is 0.315 e. The molecule has 2 aromatic rings. The molecule has 2 aromatic carbocycles. The maximum absolute atomic E-state index is 12.3. The van der Waals surface area contributed by atoms with Gasteiger partial charge in [0.15, 0.2) is 0 Å². The molecular weight excluding hydrogens is 400 g/mol. The summed E-state index contributed by atoms with van der Waals surface area (Å²) in [5.41, 5.74) is 3.46. The minimum atomic E-state index is -0.251. The SMILES string of the molecule is CC1CCN(Cc2cccc(CNC(=O)NCCC(=O)N(C)Cc3ccccc3)c2)CC1. The van der Waals surface area contributed by atoms with E-state index < -0.39 is 0 Å². The van der Waals surface area contributed by atoms with Crippen LogP contribution in [0, 0.1) is 5.92 Å². The highest BCUT2D eigenvalue weighted by Crippen LogP contribution is 2.18. The van der Waals surface area contributed by atoms with E-state index in [1.165, 1.54) is 18.4 Å². The summed E-state index contributed by atoms with van der Waals surface area (Å²) in [7, 11) is 1.78. The molecule has 0 aliphatic carbocycles. The van der Waals surface area contributed by atoms with E-state index in [4.69, 9.17) is 0 Å². The molecule has 6 nitrogen and oxygen atoms in total. The van der Waals surface area contributed by atoms with Gasteiger partial charge < -0.3 is 15.5 Å². The molecule has 1 heterocycles. The Labute approximate surface area is 192 Å². The summed E-state index contributed by atoms with van der Waals surface area (Å²) < 4.78 is 0. The maximum Gasteiger partial charge on any atom is 0.315 e. The molecule has 1 saturated heterocycles. The molecule has 2 N–H and O–H groups in total. The zero-order valence-electron chi connectivity index (χ0n) is 19.3. The summed E-state index contributed by atoms with van der Waals surface area (Å²) in [5, 5.41) is 5.67. The van der Waals surface area contributed by atoms with Gasteiger partial charge in [-0.3, -0.25) is 9.69 Å². The molecule has 32 heavy (non-hydrogen) atoms. The fraction of sp³-hybridized carbons (Fsp3) is 0.462. The molecule has 1 fully saturated rings. The first-order valence-corrected chi connectivity index (χ1v) is 11.6. The molecule has 6 heteroatoms. The van der Waals surface area contributed by atoms with Crippen molar-refractivity contribution in [3.05, 3.63) is 71.3 Å². The first kappa shape index (κ1) is 23.8. The third-order valence-electron chi connectivity index (χ3n) is 6.04. The third kappa shape index (κ3) is 8.00. The van der Waals surface area contributed by atoms with E-state index in [2.05, 4.69) is 40.7 Å². The van der Waals surface area contributed by atoms with Crippen LogP contribution < -0.4 is 10.6 Å². The highest BCUT2D eigenvalue weighted by molar-refractivity contribution is 5.78. The summed E-state index contributed by atoms with van der Waals surface area (Å²) in [6, 6.07) is 18.0. The van der Waals surface area contributed by atoms with Crippen molar-refractivity contribution in [3.63, 3.8) is 0 Å². The Morgan fingerprint density at radius 3 is 2.41 bits per heavy atom. The first-order valence-electron chi connectivity index (χ1n) is 11.6. The predicted octanol–water partition coefficient (Wildman–Crippen LogP) is 3.77. The number of benzene rings is 2. The summed E-state index contributed by atoms with van der Waals surface area (Å²) in [6.07, 6.45) is 2.82. The Morgan fingerprint density at radius 2 is 1.66 bits per heavy atom. The Kier molecular flexibility index (Phi) is 9.11. The van der Waals surface area contributed by atoms with Crippen molar-refractivity contribution in [2.45, 2.75) is 45.8 Å². The molecule has 0 unspecified atom stereocenters. The summed E-state index contributed by atoms with van der Waals surface area (Å²) >= 11 is 0. The fourth-order valence-corrected chi connectivity index (χ4v) is 3.98. The number of piperidine rings is 1. The monoisotopic (exact) mass is 436 g/mol. The van der Waals surface area contributed by atoms with Crippen molar-refractivity contribution in [2.75, 3.05) is 26.7 Å². The van der Waals surface area contributed by atoms with Crippen LogP contribution in [0.5, 0.6) is 0 Å². The van der Waals surface area contributed by atoms with Gasteiger partial charge in [-0.25, -0.2) is 4.79 Å². The number of nitrogens with zero attached hydrogens (tertiary/aromatic N) is 2. The molecule has 0 spiro atoms. The summed E-state index contributed by atoms with van der Waals surface area (Å²) in [6.45, 7) is 6.96. The van der Waals surface area contributed by atoms with E-state index >= 15 is 0 Å². The standard InChI is InChI=1S/C26H36N4O2/c1-21-12-15-30(16-13-21)20-24-10-6-9-23(17-24)18-28-26(32)27-14-11-25(31)29(2)19-22-7-4-3-5-8-22/h3-10,17,21H,11-16,18-20H2,1-2H3,(H2,27,28,32). The van der Waals surface area contributed by atoms with Crippen molar-refractivity contribution >= 4 is 11.9 Å². The van der Waals surface area contributed by atoms with Crippen molar-refractivity contribution in [2.24, 2.45) is 5.92 Å². The molecule has 1 aliphatic heterocycles. The normalized spacial score (nSPS) is 14.7. The van der Waals surface area contributed by atoms with E-state index in [1.54, 1.807) is 11.9 Å². The van der Waals surface area contributed by atoms with E-state index in [1.807, 2.05) is 36.4 Å². The van der Waals surface area contributed by atoms with Crippen LogP contribution in [0.4, 0.5) is 4.79 Å². The quantitative estimate of drug-likeness (QED) is 0.629. The second-order valence-electron chi connectivity index (χ2n) is 8.87. The topological polar surface area (TPSA) is 64.7 Å². The predicted molar refractivity (Wildman–Crippen MR) is 128 cm³/mol. The van der Waals surface area contributed by atoms with Gasteiger partial charge in [-0.05, 0) is 48.5 Å². The summed E-state index contributed by atoms with van der Waals surface area (Å²) in [5.74, 6) is 0.841. The molecule has 0 saturated carbocycles. The van der Waals surface area contributed by atoms with Crippen molar-refractivity contribution in [1.29, 1.82) is 0 Å². The molecule has 3 rings (SSSR count). The molecule has 0 bridgehead atoms. The number of carbonyl (C=O) groups excluding carboxylic acids is 2. The number of hydrogen-bond donors (Lipinski definition) is 2. The Morgan fingerprint density at radius 1 is 0.969 bits per heavy atom. The number of likely N-dealkylation sites (tertiary alicyclic amines) is 1. The number of nitrogens with one attached hydrogen (secondary N) is 2. The minimum absolute atomic E-state index is 0.00830. The van der Waals surface area contributed by atoms with Gasteiger partial charge in [0.05, 0.1) is 0 Å². The Bertz CT molecular complexity index is 863. The first-order chi connectivity index (χ1) is 15.5. The van der Waals surface area contributed by atoms with Crippen LogP contribution in [-0.2, 0) is 24.4 Å². The molecular formula is C26H36N4O2. The molecule has 0 atom stereocenters. The number of urea groups is 1.